The van der Waals surface area contributed by atoms with E-state index in [1.165, 1.54) is 18.4 Å². The zero-order valence-electron chi connectivity index (χ0n) is 6.28. The summed E-state index contributed by atoms with van der Waals surface area (Å²) < 4.78 is 0. The molecule has 0 aliphatic heterocycles. The molecule has 0 saturated heterocycles. The first-order valence-electron chi connectivity index (χ1n) is 3.66. The molecule has 1 nitrogen and oxygen atoms in total. The highest BCUT2D eigenvalue weighted by molar-refractivity contribution is 4.96. The fraction of sp³-hybridized carbons (Fsp3) is 0.750. The summed E-state index contributed by atoms with van der Waals surface area (Å²) in [7, 11) is 0. The predicted molar refractivity (Wildman–Crippen MR) is 40.5 cm³/mol. The minimum Gasteiger partial charge on any atom is -0.311 e. The van der Waals surface area contributed by atoms with Gasteiger partial charge in [0.05, 0.1) is 0 Å². The van der Waals surface area contributed by atoms with Gasteiger partial charge in [0.15, 0.2) is 0 Å². The average Bonchev–Trinajstić information content (AvgIpc) is 2.48. The van der Waals surface area contributed by atoms with Gasteiger partial charge in [-0.2, -0.15) is 0 Å². The minimum atomic E-state index is 0.848. The smallest absolute Gasteiger partial charge is 0.0139 e. The maximum Gasteiger partial charge on any atom is 0.0139 e. The molecule has 0 aromatic carbocycles. The number of rotatable bonds is 3. The van der Waals surface area contributed by atoms with Gasteiger partial charge >= 0.3 is 0 Å². The quantitative estimate of drug-likeness (QED) is 0.566. The largest absolute Gasteiger partial charge is 0.311 e. The van der Waals surface area contributed by atoms with E-state index < -0.39 is 0 Å². The maximum absolute atomic E-state index is 3.41. The Labute approximate surface area is 57.1 Å². The van der Waals surface area contributed by atoms with E-state index in [0.29, 0.717) is 0 Å². The highest BCUT2D eigenvalue weighted by Crippen LogP contribution is 2.17. The van der Waals surface area contributed by atoms with Crippen molar-refractivity contribution in [3.63, 3.8) is 0 Å². The van der Waals surface area contributed by atoms with Crippen LogP contribution in [0.15, 0.2) is 11.6 Å². The lowest BCUT2D eigenvalue weighted by atomic mass is 10.3. The molecule has 0 aromatic rings. The average molecular weight is 125 g/mol. The summed E-state index contributed by atoms with van der Waals surface area (Å²) >= 11 is 0. The second-order valence-electron chi connectivity index (χ2n) is 2.96. The number of allylic oxidation sites excluding steroid dienone is 1. The van der Waals surface area contributed by atoms with Crippen LogP contribution in [0.4, 0.5) is 0 Å². The summed E-state index contributed by atoms with van der Waals surface area (Å²) in [5.74, 6) is 0. The summed E-state index contributed by atoms with van der Waals surface area (Å²) in [5.41, 5.74) is 1.41. The van der Waals surface area contributed by atoms with E-state index in [4.69, 9.17) is 0 Å². The normalized spacial score (nSPS) is 17.6. The molecule has 1 fully saturated rings. The molecule has 9 heavy (non-hydrogen) atoms. The third-order valence-corrected chi connectivity index (χ3v) is 1.49. The van der Waals surface area contributed by atoms with Gasteiger partial charge in [0.2, 0.25) is 0 Å². The van der Waals surface area contributed by atoms with Crippen LogP contribution in [0.3, 0.4) is 0 Å². The minimum absolute atomic E-state index is 0.848. The third kappa shape index (κ3) is 3.31. The molecular weight excluding hydrogens is 110 g/mol. The molecule has 0 unspecified atom stereocenters. The van der Waals surface area contributed by atoms with E-state index in [2.05, 4.69) is 25.2 Å². The van der Waals surface area contributed by atoms with Crippen molar-refractivity contribution < 1.29 is 0 Å². The van der Waals surface area contributed by atoms with Gasteiger partial charge in [-0.05, 0) is 26.7 Å². The second kappa shape index (κ2) is 3.02. The Hall–Kier alpha value is -0.300. The van der Waals surface area contributed by atoms with Crippen molar-refractivity contribution >= 4 is 0 Å². The van der Waals surface area contributed by atoms with Crippen LogP contribution in [0.1, 0.15) is 26.7 Å². The Morgan fingerprint density at radius 1 is 1.56 bits per heavy atom. The Bertz CT molecular complexity index is 108. The molecule has 1 saturated carbocycles. The molecule has 0 radical (unpaired) electrons. The van der Waals surface area contributed by atoms with Crippen molar-refractivity contribution in [2.24, 2.45) is 0 Å². The Morgan fingerprint density at radius 3 is 2.67 bits per heavy atom. The lowest BCUT2D eigenvalue weighted by Crippen LogP contribution is -2.15. The van der Waals surface area contributed by atoms with Crippen molar-refractivity contribution in [3.05, 3.63) is 11.6 Å². The number of hydrogen-bond donors (Lipinski definition) is 1. The molecule has 1 heteroatoms. The lowest BCUT2D eigenvalue weighted by molar-refractivity contribution is 0.750. The molecule has 0 amide bonds. The van der Waals surface area contributed by atoms with Gasteiger partial charge in [0.1, 0.15) is 0 Å². The summed E-state index contributed by atoms with van der Waals surface area (Å²) in [4.78, 5) is 0. The summed E-state index contributed by atoms with van der Waals surface area (Å²) in [5, 5.41) is 3.41. The second-order valence-corrected chi connectivity index (χ2v) is 2.96. The van der Waals surface area contributed by atoms with Crippen molar-refractivity contribution in [1.29, 1.82) is 0 Å². The first kappa shape index (κ1) is 6.81. The summed E-state index contributed by atoms with van der Waals surface area (Å²) in [6.45, 7) is 5.33. The molecule has 0 atom stereocenters. The first-order valence-corrected chi connectivity index (χ1v) is 3.66. The molecule has 0 aromatic heterocycles. The SMILES string of the molecule is CC(C)=CCNC1CC1. The van der Waals surface area contributed by atoms with Crippen molar-refractivity contribution in [2.45, 2.75) is 32.7 Å². The molecule has 1 aliphatic carbocycles. The van der Waals surface area contributed by atoms with E-state index in [1.54, 1.807) is 0 Å². The zero-order valence-corrected chi connectivity index (χ0v) is 6.28. The van der Waals surface area contributed by atoms with Gasteiger partial charge < -0.3 is 5.32 Å². The Kier molecular flexibility index (Phi) is 2.29. The van der Waals surface area contributed by atoms with Crippen LogP contribution >= 0.6 is 0 Å². The zero-order chi connectivity index (χ0) is 6.69. The van der Waals surface area contributed by atoms with E-state index in [1.807, 2.05) is 0 Å². The van der Waals surface area contributed by atoms with Crippen molar-refractivity contribution in [2.75, 3.05) is 6.54 Å². The third-order valence-electron chi connectivity index (χ3n) is 1.49. The molecule has 1 aliphatic rings. The maximum atomic E-state index is 3.41. The highest BCUT2D eigenvalue weighted by atomic mass is 14.9. The molecule has 52 valence electrons. The van der Waals surface area contributed by atoms with Crippen LogP contribution in [0.5, 0.6) is 0 Å². The van der Waals surface area contributed by atoms with E-state index in [0.717, 1.165) is 12.6 Å². The Morgan fingerprint density at radius 2 is 2.22 bits per heavy atom. The number of hydrogen-bond acceptors (Lipinski definition) is 1. The van der Waals surface area contributed by atoms with Crippen molar-refractivity contribution in [1.82, 2.24) is 5.32 Å². The van der Waals surface area contributed by atoms with Gasteiger partial charge in [-0.1, -0.05) is 11.6 Å². The van der Waals surface area contributed by atoms with Gasteiger partial charge in [-0.15, -0.1) is 0 Å². The Balaban J connectivity index is 1.97. The summed E-state index contributed by atoms with van der Waals surface area (Å²) in [6.07, 6.45) is 5.01. The monoisotopic (exact) mass is 125 g/mol. The number of nitrogens with one attached hydrogen (secondary N) is 1. The molecular formula is C8H15N. The molecule has 0 bridgehead atoms. The summed E-state index contributed by atoms with van der Waals surface area (Å²) in [6, 6.07) is 0.848. The standard InChI is InChI=1S/C8H15N/c1-7(2)5-6-9-8-3-4-8/h5,8-9H,3-4,6H2,1-2H3. The molecule has 0 spiro atoms. The van der Waals surface area contributed by atoms with Crippen LogP contribution in [0.25, 0.3) is 0 Å². The van der Waals surface area contributed by atoms with E-state index in [9.17, 15) is 0 Å². The van der Waals surface area contributed by atoms with Crippen LogP contribution in [0.2, 0.25) is 0 Å². The highest BCUT2D eigenvalue weighted by Gasteiger charge is 2.18. The fourth-order valence-corrected chi connectivity index (χ4v) is 0.717. The fourth-order valence-electron chi connectivity index (χ4n) is 0.717. The molecule has 1 rings (SSSR count). The first-order chi connectivity index (χ1) is 4.29. The van der Waals surface area contributed by atoms with Crippen LogP contribution in [0, 0.1) is 0 Å². The van der Waals surface area contributed by atoms with Crippen LogP contribution < -0.4 is 5.32 Å². The van der Waals surface area contributed by atoms with E-state index >= 15 is 0 Å². The predicted octanol–water partition coefficient (Wildman–Crippen LogP) is 1.70. The van der Waals surface area contributed by atoms with Gasteiger partial charge in [-0.25, -0.2) is 0 Å². The van der Waals surface area contributed by atoms with Gasteiger partial charge in [0, 0.05) is 12.6 Å². The van der Waals surface area contributed by atoms with Gasteiger partial charge in [0.25, 0.3) is 0 Å². The van der Waals surface area contributed by atoms with E-state index in [-0.39, 0.29) is 0 Å². The van der Waals surface area contributed by atoms with Gasteiger partial charge in [-0.3, -0.25) is 0 Å². The molecule has 0 heterocycles. The topological polar surface area (TPSA) is 12.0 Å². The lowest BCUT2D eigenvalue weighted by Gasteiger charge is -1.95. The van der Waals surface area contributed by atoms with Crippen LogP contribution in [-0.4, -0.2) is 12.6 Å². The van der Waals surface area contributed by atoms with Crippen molar-refractivity contribution in [3.8, 4) is 0 Å². The molecule has 1 N–H and O–H groups in total. The van der Waals surface area contributed by atoms with Crippen LogP contribution in [-0.2, 0) is 0 Å².